The molecule has 0 atom stereocenters. The summed E-state index contributed by atoms with van der Waals surface area (Å²) in [6.45, 7) is 1.07. The Kier molecular flexibility index (Phi) is 5.52. The molecular weight excluding hydrogens is 316 g/mol. The Hall–Kier alpha value is -1.86. The van der Waals surface area contributed by atoms with Gasteiger partial charge in [-0.05, 0) is 31.0 Å². The lowest BCUT2D eigenvalue weighted by molar-refractivity contribution is 0.105. The van der Waals surface area contributed by atoms with E-state index in [1.807, 2.05) is 0 Å². The van der Waals surface area contributed by atoms with Crippen molar-refractivity contribution in [3.8, 4) is 11.4 Å². The van der Waals surface area contributed by atoms with E-state index >= 15 is 0 Å². The molecule has 1 N–H and O–H groups in total. The second-order valence-electron chi connectivity index (χ2n) is 6.13. The Morgan fingerprint density at radius 1 is 1.17 bits per heavy atom. The zero-order chi connectivity index (χ0) is 16.9. The number of rotatable bonds is 6. The lowest BCUT2D eigenvalue weighted by atomic mass is 9.94. The van der Waals surface area contributed by atoms with Gasteiger partial charge >= 0.3 is 0 Å². The molecule has 5 nitrogen and oxygen atoms in total. The van der Waals surface area contributed by atoms with Crippen LogP contribution >= 0.6 is 0 Å². The number of aliphatic hydroxyl groups is 1. The predicted octanol–water partition coefficient (Wildman–Crippen LogP) is 3.14. The van der Waals surface area contributed by atoms with E-state index in [9.17, 15) is 13.9 Å². The summed E-state index contributed by atoms with van der Waals surface area (Å²) < 4.78 is 31.6. The fourth-order valence-electron chi connectivity index (χ4n) is 3.21. The summed E-state index contributed by atoms with van der Waals surface area (Å²) in [6, 6.07) is 3.92. The number of halogens is 2. The van der Waals surface area contributed by atoms with Crippen LogP contribution in [0, 0.1) is 11.6 Å². The Morgan fingerprint density at radius 2 is 1.96 bits per heavy atom. The molecule has 0 amide bonds. The van der Waals surface area contributed by atoms with Gasteiger partial charge in [-0.3, -0.25) is 4.90 Å². The third kappa shape index (κ3) is 3.96. The first kappa shape index (κ1) is 17.0. The summed E-state index contributed by atoms with van der Waals surface area (Å²) in [7, 11) is 0. The van der Waals surface area contributed by atoms with Crippen molar-refractivity contribution in [2.45, 2.75) is 44.7 Å². The van der Waals surface area contributed by atoms with Crippen molar-refractivity contribution in [1.82, 2.24) is 15.0 Å². The number of hydrogen-bond donors (Lipinski definition) is 1. The second kappa shape index (κ2) is 7.81. The molecule has 1 aliphatic carbocycles. The topological polar surface area (TPSA) is 62.4 Å². The number of benzene rings is 1. The Bertz CT molecular complexity index is 672. The Balaban J connectivity index is 1.72. The Morgan fingerprint density at radius 3 is 2.67 bits per heavy atom. The van der Waals surface area contributed by atoms with Crippen molar-refractivity contribution in [3.05, 3.63) is 35.7 Å². The van der Waals surface area contributed by atoms with Crippen LogP contribution in [0.4, 0.5) is 8.78 Å². The molecule has 0 unspecified atom stereocenters. The SMILES string of the molecule is OCCN(Cc1nc(-c2ccc(F)c(F)c2)no1)C1CCCCC1. The molecule has 1 saturated carbocycles. The van der Waals surface area contributed by atoms with Gasteiger partial charge in [0.2, 0.25) is 11.7 Å². The van der Waals surface area contributed by atoms with Gasteiger partial charge in [0, 0.05) is 18.2 Å². The van der Waals surface area contributed by atoms with Crippen LogP contribution in [-0.4, -0.2) is 39.3 Å². The molecule has 7 heteroatoms. The Labute approximate surface area is 139 Å². The first-order valence-corrected chi connectivity index (χ1v) is 8.30. The summed E-state index contributed by atoms with van der Waals surface area (Å²) >= 11 is 0. The minimum absolute atomic E-state index is 0.0701. The maximum atomic E-state index is 13.3. The highest BCUT2D eigenvalue weighted by Crippen LogP contribution is 2.24. The van der Waals surface area contributed by atoms with Gasteiger partial charge in [0.1, 0.15) is 0 Å². The predicted molar refractivity (Wildman–Crippen MR) is 84.0 cm³/mol. The van der Waals surface area contributed by atoms with Crippen molar-refractivity contribution in [2.24, 2.45) is 0 Å². The number of hydrogen-bond acceptors (Lipinski definition) is 5. The van der Waals surface area contributed by atoms with Crippen LogP contribution in [0.15, 0.2) is 22.7 Å². The third-order valence-electron chi connectivity index (χ3n) is 4.46. The van der Waals surface area contributed by atoms with E-state index in [0.717, 1.165) is 25.0 Å². The monoisotopic (exact) mass is 337 g/mol. The zero-order valence-corrected chi connectivity index (χ0v) is 13.4. The maximum Gasteiger partial charge on any atom is 0.241 e. The highest BCUT2D eigenvalue weighted by Gasteiger charge is 2.23. The quantitative estimate of drug-likeness (QED) is 0.877. The van der Waals surface area contributed by atoms with Gasteiger partial charge in [-0.25, -0.2) is 8.78 Å². The summed E-state index contributed by atoms with van der Waals surface area (Å²) in [5.74, 6) is -1.21. The van der Waals surface area contributed by atoms with Crippen LogP contribution in [0.5, 0.6) is 0 Å². The van der Waals surface area contributed by atoms with Gasteiger partial charge in [-0.1, -0.05) is 24.4 Å². The van der Waals surface area contributed by atoms with Gasteiger partial charge in [0.15, 0.2) is 11.6 Å². The van der Waals surface area contributed by atoms with Crippen molar-refractivity contribution >= 4 is 0 Å². The smallest absolute Gasteiger partial charge is 0.241 e. The first-order valence-electron chi connectivity index (χ1n) is 8.30. The van der Waals surface area contributed by atoms with Crippen LogP contribution in [0.25, 0.3) is 11.4 Å². The molecule has 1 fully saturated rings. The minimum Gasteiger partial charge on any atom is -0.395 e. The van der Waals surface area contributed by atoms with E-state index in [-0.39, 0.29) is 12.4 Å². The van der Waals surface area contributed by atoms with Crippen LogP contribution in [0.2, 0.25) is 0 Å². The highest BCUT2D eigenvalue weighted by molar-refractivity contribution is 5.54. The van der Waals surface area contributed by atoms with Crippen molar-refractivity contribution in [1.29, 1.82) is 0 Å². The van der Waals surface area contributed by atoms with Crippen molar-refractivity contribution in [2.75, 3.05) is 13.2 Å². The normalized spacial score (nSPS) is 16.0. The molecule has 0 spiro atoms. The minimum atomic E-state index is -0.942. The molecule has 3 rings (SSSR count). The largest absolute Gasteiger partial charge is 0.395 e. The van der Waals surface area contributed by atoms with E-state index in [4.69, 9.17) is 4.52 Å². The molecular formula is C17H21F2N3O2. The first-order chi connectivity index (χ1) is 11.7. The highest BCUT2D eigenvalue weighted by atomic mass is 19.2. The summed E-state index contributed by atoms with van der Waals surface area (Å²) in [4.78, 5) is 6.43. The van der Waals surface area contributed by atoms with Crippen molar-refractivity contribution < 1.29 is 18.4 Å². The number of nitrogens with zero attached hydrogens (tertiary/aromatic N) is 3. The molecule has 1 aromatic carbocycles. The summed E-state index contributed by atoms with van der Waals surface area (Å²) in [5.41, 5.74) is 0.371. The average Bonchev–Trinajstić information content (AvgIpc) is 3.06. The van der Waals surface area contributed by atoms with Gasteiger partial charge in [0.05, 0.1) is 13.2 Å². The molecule has 130 valence electrons. The maximum absolute atomic E-state index is 13.3. The van der Waals surface area contributed by atoms with Crippen LogP contribution in [0.3, 0.4) is 0 Å². The molecule has 0 saturated heterocycles. The van der Waals surface area contributed by atoms with Crippen LogP contribution in [0.1, 0.15) is 38.0 Å². The van der Waals surface area contributed by atoms with Crippen molar-refractivity contribution in [3.63, 3.8) is 0 Å². The number of aromatic nitrogens is 2. The molecule has 0 radical (unpaired) electrons. The molecule has 0 bridgehead atoms. The third-order valence-corrected chi connectivity index (χ3v) is 4.46. The molecule has 1 aliphatic rings. The van der Waals surface area contributed by atoms with E-state index < -0.39 is 11.6 Å². The average molecular weight is 337 g/mol. The summed E-state index contributed by atoms with van der Waals surface area (Å²) in [5, 5.41) is 13.2. The van der Waals surface area contributed by atoms with Gasteiger partial charge in [-0.15, -0.1) is 0 Å². The van der Waals surface area contributed by atoms with E-state index in [1.54, 1.807) is 0 Å². The zero-order valence-electron chi connectivity index (χ0n) is 13.4. The van der Waals surface area contributed by atoms with E-state index in [0.29, 0.717) is 30.6 Å². The molecule has 1 aromatic heterocycles. The fourth-order valence-corrected chi connectivity index (χ4v) is 3.21. The second-order valence-corrected chi connectivity index (χ2v) is 6.13. The van der Waals surface area contributed by atoms with E-state index in [1.165, 1.54) is 25.3 Å². The molecule has 24 heavy (non-hydrogen) atoms. The van der Waals surface area contributed by atoms with Gasteiger partial charge in [0.25, 0.3) is 0 Å². The van der Waals surface area contributed by atoms with E-state index in [2.05, 4.69) is 15.0 Å². The standard InChI is InChI=1S/C17H21F2N3O2/c18-14-7-6-12(10-15(14)19)17-20-16(24-21-17)11-22(8-9-23)13-4-2-1-3-5-13/h6-7,10,13,23H,1-5,8-9,11H2. The van der Waals surface area contributed by atoms with Crippen LogP contribution < -0.4 is 0 Å². The van der Waals surface area contributed by atoms with Crippen LogP contribution in [-0.2, 0) is 6.54 Å². The van der Waals surface area contributed by atoms with Gasteiger partial charge in [-0.2, -0.15) is 4.98 Å². The molecule has 0 aliphatic heterocycles. The summed E-state index contributed by atoms with van der Waals surface area (Å²) in [6.07, 6.45) is 5.84. The fraction of sp³-hybridized carbons (Fsp3) is 0.529. The number of aliphatic hydroxyl groups excluding tert-OH is 1. The lowest BCUT2D eigenvalue weighted by Crippen LogP contribution is -2.38. The molecule has 1 heterocycles. The molecule has 2 aromatic rings. The van der Waals surface area contributed by atoms with Gasteiger partial charge < -0.3 is 9.63 Å². The lowest BCUT2D eigenvalue weighted by Gasteiger charge is -2.32.